The lowest BCUT2D eigenvalue weighted by molar-refractivity contribution is 0.0950. The van der Waals surface area contributed by atoms with Crippen molar-refractivity contribution < 1.29 is 9.18 Å². The number of halogens is 1. The lowest BCUT2D eigenvalue weighted by Gasteiger charge is -2.06. The van der Waals surface area contributed by atoms with Gasteiger partial charge in [-0.3, -0.25) is 4.79 Å². The van der Waals surface area contributed by atoms with Gasteiger partial charge in [0, 0.05) is 6.54 Å². The van der Waals surface area contributed by atoms with Crippen molar-refractivity contribution in [2.24, 2.45) is 0 Å². The highest BCUT2D eigenvalue weighted by atomic mass is 32.1. The molecule has 0 bridgehead atoms. The third-order valence-corrected chi connectivity index (χ3v) is 4.33. The molecule has 0 fully saturated rings. The van der Waals surface area contributed by atoms with Gasteiger partial charge < -0.3 is 5.32 Å². The number of carbonyl (C=O) groups is 1. The highest BCUT2D eigenvalue weighted by molar-refractivity contribution is 7.13. The lowest BCUT2D eigenvalue weighted by Crippen LogP contribution is -2.26. The molecule has 0 saturated carbocycles. The minimum absolute atomic E-state index is 0.235. The molecule has 0 aliphatic rings. The summed E-state index contributed by atoms with van der Waals surface area (Å²) in [6, 6.07) is 16.3. The fraction of sp³-hybridized carbons (Fsp3) is 0.111. The predicted molar refractivity (Wildman–Crippen MR) is 90.0 cm³/mol. The highest BCUT2D eigenvalue weighted by Gasteiger charge is 2.15. The molecular formula is C18H15FN2OS. The van der Waals surface area contributed by atoms with Gasteiger partial charge in [0.05, 0.1) is 10.4 Å². The Morgan fingerprint density at radius 1 is 1.09 bits per heavy atom. The Balaban J connectivity index is 1.66. The number of hydrogen-bond acceptors (Lipinski definition) is 3. The summed E-state index contributed by atoms with van der Waals surface area (Å²) in [7, 11) is 0. The lowest BCUT2D eigenvalue weighted by atomic mass is 10.1. The van der Waals surface area contributed by atoms with Crippen LogP contribution in [0.2, 0.25) is 0 Å². The normalized spacial score (nSPS) is 10.5. The summed E-state index contributed by atoms with van der Waals surface area (Å²) in [6.45, 7) is 0.367. The van der Waals surface area contributed by atoms with E-state index in [1.54, 1.807) is 23.7 Å². The third-order valence-electron chi connectivity index (χ3n) is 3.46. The van der Waals surface area contributed by atoms with Gasteiger partial charge in [-0.25, -0.2) is 9.37 Å². The summed E-state index contributed by atoms with van der Waals surface area (Å²) in [5.41, 5.74) is 3.63. The maximum atomic E-state index is 13.5. The van der Waals surface area contributed by atoms with Crippen LogP contribution in [-0.4, -0.2) is 17.4 Å². The minimum Gasteiger partial charge on any atom is -0.350 e. The van der Waals surface area contributed by atoms with Crippen molar-refractivity contribution in [1.29, 1.82) is 0 Å². The quantitative estimate of drug-likeness (QED) is 0.772. The Hall–Kier alpha value is -2.53. The van der Waals surface area contributed by atoms with Crippen LogP contribution < -0.4 is 5.32 Å². The zero-order valence-electron chi connectivity index (χ0n) is 12.3. The molecule has 2 aromatic carbocycles. The van der Waals surface area contributed by atoms with Gasteiger partial charge in [-0.15, -0.1) is 11.3 Å². The van der Waals surface area contributed by atoms with Crippen molar-refractivity contribution >= 4 is 17.2 Å². The molecule has 116 valence electrons. The van der Waals surface area contributed by atoms with Crippen LogP contribution >= 0.6 is 11.3 Å². The van der Waals surface area contributed by atoms with Gasteiger partial charge in [-0.05, 0) is 23.6 Å². The Labute approximate surface area is 137 Å². The fourth-order valence-corrected chi connectivity index (χ4v) is 3.09. The van der Waals surface area contributed by atoms with Crippen LogP contribution in [-0.2, 0) is 6.42 Å². The number of rotatable bonds is 5. The molecule has 0 unspecified atom stereocenters. The molecule has 0 saturated heterocycles. The van der Waals surface area contributed by atoms with Crippen LogP contribution in [0.1, 0.15) is 16.1 Å². The molecule has 1 amide bonds. The van der Waals surface area contributed by atoms with E-state index in [1.165, 1.54) is 17.4 Å². The molecule has 0 spiro atoms. The standard InChI is InChI=1S/C18H15FN2OS/c19-15-9-5-4-6-13(15)10-11-20-18(22)16-17(23-12-21-16)14-7-2-1-3-8-14/h1-9,12H,10-11H2,(H,20,22). The molecule has 0 radical (unpaired) electrons. The first-order valence-electron chi connectivity index (χ1n) is 7.26. The zero-order chi connectivity index (χ0) is 16.1. The van der Waals surface area contributed by atoms with Crippen molar-refractivity contribution in [2.45, 2.75) is 6.42 Å². The SMILES string of the molecule is O=C(NCCc1ccccc1F)c1ncsc1-c1ccccc1. The smallest absolute Gasteiger partial charge is 0.271 e. The molecular weight excluding hydrogens is 311 g/mol. The molecule has 0 aliphatic carbocycles. The number of nitrogens with zero attached hydrogens (tertiary/aromatic N) is 1. The average molecular weight is 326 g/mol. The second-order valence-electron chi connectivity index (χ2n) is 4.99. The Kier molecular flexibility index (Phi) is 4.78. The summed E-state index contributed by atoms with van der Waals surface area (Å²) < 4.78 is 13.5. The minimum atomic E-state index is -0.250. The van der Waals surface area contributed by atoms with Gasteiger partial charge in [0.15, 0.2) is 0 Å². The van der Waals surface area contributed by atoms with E-state index in [2.05, 4.69) is 10.3 Å². The van der Waals surface area contributed by atoms with Crippen LogP contribution in [0.15, 0.2) is 60.1 Å². The average Bonchev–Trinajstić information content (AvgIpc) is 3.07. The van der Waals surface area contributed by atoms with Gasteiger partial charge in [0.1, 0.15) is 11.5 Å². The second-order valence-corrected chi connectivity index (χ2v) is 5.85. The molecule has 1 heterocycles. The van der Waals surface area contributed by atoms with Crippen LogP contribution in [0.5, 0.6) is 0 Å². The molecule has 3 aromatic rings. The molecule has 0 atom stereocenters. The highest BCUT2D eigenvalue weighted by Crippen LogP contribution is 2.27. The first kappa shape index (κ1) is 15.4. The zero-order valence-corrected chi connectivity index (χ0v) is 13.1. The maximum Gasteiger partial charge on any atom is 0.271 e. The number of nitrogens with one attached hydrogen (secondary N) is 1. The van der Waals surface area contributed by atoms with Gasteiger partial charge in [-0.2, -0.15) is 0 Å². The maximum absolute atomic E-state index is 13.5. The van der Waals surface area contributed by atoms with Crippen molar-refractivity contribution in [2.75, 3.05) is 6.54 Å². The summed E-state index contributed by atoms with van der Waals surface area (Å²) in [4.78, 5) is 17.3. The van der Waals surface area contributed by atoms with E-state index in [0.717, 1.165) is 10.4 Å². The molecule has 0 aliphatic heterocycles. The van der Waals surface area contributed by atoms with Crippen molar-refractivity contribution in [3.63, 3.8) is 0 Å². The van der Waals surface area contributed by atoms with Crippen molar-refractivity contribution in [3.05, 3.63) is 77.2 Å². The fourth-order valence-electron chi connectivity index (χ4n) is 2.30. The molecule has 1 aromatic heterocycles. The molecule has 23 heavy (non-hydrogen) atoms. The number of carbonyl (C=O) groups excluding carboxylic acids is 1. The Morgan fingerprint density at radius 3 is 2.61 bits per heavy atom. The number of aromatic nitrogens is 1. The summed E-state index contributed by atoms with van der Waals surface area (Å²) >= 11 is 1.43. The third kappa shape index (κ3) is 3.63. The van der Waals surface area contributed by atoms with E-state index in [1.807, 2.05) is 30.3 Å². The summed E-state index contributed by atoms with van der Waals surface area (Å²) in [6.07, 6.45) is 0.448. The van der Waals surface area contributed by atoms with Gasteiger partial charge in [0.2, 0.25) is 0 Å². The first-order chi connectivity index (χ1) is 11.3. The van der Waals surface area contributed by atoms with Crippen LogP contribution in [0.4, 0.5) is 4.39 Å². The predicted octanol–water partition coefficient (Wildman–Crippen LogP) is 3.92. The van der Waals surface area contributed by atoms with E-state index < -0.39 is 0 Å². The van der Waals surface area contributed by atoms with Crippen molar-refractivity contribution in [1.82, 2.24) is 10.3 Å². The van der Waals surface area contributed by atoms with Gasteiger partial charge >= 0.3 is 0 Å². The largest absolute Gasteiger partial charge is 0.350 e. The summed E-state index contributed by atoms with van der Waals surface area (Å²) in [5, 5.41) is 2.81. The van der Waals surface area contributed by atoms with E-state index in [0.29, 0.717) is 24.2 Å². The number of hydrogen-bond donors (Lipinski definition) is 1. The van der Waals surface area contributed by atoms with Gasteiger partial charge in [-0.1, -0.05) is 48.5 Å². The Morgan fingerprint density at radius 2 is 1.83 bits per heavy atom. The summed E-state index contributed by atoms with van der Waals surface area (Å²) in [5.74, 6) is -0.484. The van der Waals surface area contributed by atoms with Gasteiger partial charge in [0.25, 0.3) is 5.91 Å². The van der Waals surface area contributed by atoms with Crippen LogP contribution in [0.25, 0.3) is 10.4 Å². The Bertz CT molecular complexity index is 802. The second kappa shape index (κ2) is 7.15. The van der Waals surface area contributed by atoms with E-state index in [9.17, 15) is 9.18 Å². The van der Waals surface area contributed by atoms with E-state index >= 15 is 0 Å². The van der Waals surface area contributed by atoms with E-state index in [-0.39, 0.29) is 11.7 Å². The number of amides is 1. The molecule has 5 heteroatoms. The van der Waals surface area contributed by atoms with Crippen LogP contribution in [0.3, 0.4) is 0 Å². The number of thiazole rings is 1. The van der Waals surface area contributed by atoms with Crippen molar-refractivity contribution in [3.8, 4) is 10.4 Å². The molecule has 3 nitrogen and oxygen atoms in total. The first-order valence-corrected chi connectivity index (χ1v) is 8.14. The van der Waals surface area contributed by atoms with Crippen LogP contribution in [0, 0.1) is 5.82 Å². The van der Waals surface area contributed by atoms with E-state index in [4.69, 9.17) is 0 Å². The monoisotopic (exact) mass is 326 g/mol. The number of benzene rings is 2. The topological polar surface area (TPSA) is 42.0 Å². The molecule has 3 rings (SSSR count). The molecule has 1 N–H and O–H groups in total.